The number of nitrogen functional groups attached to an aromatic ring is 1. The summed E-state index contributed by atoms with van der Waals surface area (Å²) >= 11 is 0. The summed E-state index contributed by atoms with van der Waals surface area (Å²) in [5.41, 5.74) is 4.86. The summed E-state index contributed by atoms with van der Waals surface area (Å²) in [6, 6.07) is 0. The Morgan fingerprint density at radius 2 is 2.37 bits per heavy atom. The van der Waals surface area contributed by atoms with E-state index < -0.39 is 24.1 Å². The number of aliphatic hydroxyl groups excluding tert-OH is 2. The van der Waals surface area contributed by atoms with E-state index in [1.54, 1.807) is 0 Å². The molecule has 0 saturated carbocycles. The summed E-state index contributed by atoms with van der Waals surface area (Å²) in [7, 11) is 0. The lowest BCUT2D eigenvalue weighted by molar-refractivity contribution is -0.0530. The highest BCUT2D eigenvalue weighted by Gasteiger charge is 2.35. The molecule has 0 aromatic carbocycles. The molecule has 0 unspecified atom stereocenters. The van der Waals surface area contributed by atoms with Crippen LogP contribution in [0, 0.1) is 0 Å². The molecule has 2 heterocycles. The number of rotatable bonds is 3. The van der Waals surface area contributed by atoms with Crippen molar-refractivity contribution in [1.82, 2.24) is 9.55 Å². The molecular weight excluding hydrogens is 254 g/mol. The third kappa shape index (κ3) is 2.50. The molecule has 4 N–H and O–H groups in total. The summed E-state index contributed by atoms with van der Waals surface area (Å²) in [5, 5.41) is 18.8. The fourth-order valence-electron chi connectivity index (χ4n) is 2.03. The Labute approximate surface area is 108 Å². The van der Waals surface area contributed by atoms with Crippen LogP contribution in [0.1, 0.15) is 29.9 Å². The minimum absolute atomic E-state index is 0.0860. The van der Waals surface area contributed by atoms with Crippen LogP contribution in [0.3, 0.4) is 0 Å². The number of nitrogens with two attached hydrogens (primary N) is 1. The van der Waals surface area contributed by atoms with Crippen molar-refractivity contribution in [2.24, 2.45) is 0 Å². The maximum atomic E-state index is 11.7. The van der Waals surface area contributed by atoms with Crippen molar-refractivity contribution in [1.29, 1.82) is 0 Å². The lowest BCUT2D eigenvalue weighted by Gasteiger charge is -2.18. The highest BCUT2D eigenvalue weighted by Crippen LogP contribution is 2.27. The Balaban J connectivity index is 2.43. The van der Waals surface area contributed by atoms with E-state index >= 15 is 0 Å². The quantitative estimate of drug-likeness (QED) is 0.580. The zero-order valence-corrected chi connectivity index (χ0v) is 10.3. The van der Waals surface area contributed by atoms with E-state index in [0.717, 1.165) is 4.57 Å². The number of anilines is 1. The molecule has 19 heavy (non-hydrogen) atoms. The zero-order valence-electron chi connectivity index (χ0n) is 10.3. The standard InChI is InChI=1S/C11H15N3O5/c1-5(16)7-3-14(11(18)13-9(7)12)10-8(17)2-6(4-15)19-10/h3,6,8,10,15,17H,2,4H2,1H3,(H2,12,13,18)/t6-,8+,10+/m0/s1. The van der Waals surface area contributed by atoms with Crippen LogP contribution in [-0.4, -0.2) is 44.4 Å². The summed E-state index contributed by atoms with van der Waals surface area (Å²) in [6.07, 6.45) is -1.06. The molecule has 0 spiro atoms. The van der Waals surface area contributed by atoms with Crippen LogP contribution in [0.25, 0.3) is 0 Å². The molecule has 1 aromatic rings. The van der Waals surface area contributed by atoms with Crippen LogP contribution in [0.2, 0.25) is 0 Å². The third-order valence-corrected chi connectivity index (χ3v) is 3.00. The third-order valence-electron chi connectivity index (χ3n) is 3.00. The number of carbonyl (C=O) groups excluding carboxylic acids is 1. The number of hydrogen-bond donors (Lipinski definition) is 3. The van der Waals surface area contributed by atoms with Crippen LogP contribution >= 0.6 is 0 Å². The van der Waals surface area contributed by atoms with Crippen molar-refractivity contribution < 1.29 is 19.7 Å². The van der Waals surface area contributed by atoms with Gasteiger partial charge in [0.25, 0.3) is 0 Å². The van der Waals surface area contributed by atoms with Crippen LogP contribution in [-0.2, 0) is 4.74 Å². The first-order valence-corrected chi connectivity index (χ1v) is 5.78. The molecule has 1 aliphatic heterocycles. The van der Waals surface area contributed by atoms with E-state index in [1.807, 2.05) is 0 Å². The molecule has 3 atom stereocenters. The predicted molar refractivity (Wildman–Crippen MR) is 64.5 cm³/mol. The number of aromatic nitrogens is 2. The smallest absolute Gasteiger partial charge is 0.351 e. The maximum absolute atomic E-state index is 11.7. The molecule has 0 amide bonds. The Hall–Kier alpha value is -1.77. The Kier molecular flexibility index (Phi) is 3.65. The first-order chi connectivity index (χ1) is 8.93. The van der Waals surface area contributed by atoms with E-state index in [4.69, 9.17) is 15.6 Å². The number of Topliss-reactive ketones (excluding diaryl/α,β-unsaturated/α-hetero) is 1. The number of hydrogen-bond acceptors (Lipinski definition) is 7. The molecule has 1 fully saturated rings. The monoisotopic (exact) mass is 269 g/mol. The van der Waals surface area contributed by atoms with Crippen molar-refractivity contribution in [2.75, 3.05) is 12.3 Å². The van der Waals surface area contributed by atoms with Gasteiger partial charge in [0.2, 0.25) is 0 Å². The fourth-order valence-corrected chi connectivity index (χ4v) is 2.03. The minimum atomic E-state index is -0.976. The second kappa shape index (κ2) is 5.08. The largest absolute Gasteiger partial charge is 0.394 e. The van der Waals surface area contributed by atoms with Gasteiger partial charge in [-0.25, -0.2) is 4.79 Å². The Morgan fingerprint density at radius 3 is 2.89 bits per heavy atom. The lowest BCUT2D eigenvalue weighted by atomic mass is 10.2. The molecule has 1 aliphatic rings. The summed E-state index contributed by atoms with van der Waals surface area (Å²) in [4.78, 5) is 26.7. The molecule has 104 valence electrons. The Morgan fingerprint density at radius 1 is 1.68 bits per heavy atom. The maximum Gasteiger partial charge on any atom is 0.351 e. The summed E-state index contributed by atoms with van der Waals surface area (Å²) in [6.45, 7) is 1.04. The van der Waals surface area contributed by atoms with Gasteiger partial charge in [0.1, 0.15) is 11.9 Å². The van der Waals surface area contributed by atoms with Gasteiger partial charge in [-0.1, -0.05) is 0 Å². The van der Waals surface area contributed by atoms with Crippen LogP contribution in [0.15, 0.2) is 11.0 Å². The van der Waals surface area contributed by atoms with Gasteiger partial charge in [-0.05, 0) is 6.92 Å². The molecule has 0 aliphatic carbocycles. The van der Waals surface area contributed by atoms with Crippen molar-refractivity contribution in [3.63, 3.8) is 0 Å². The van der Waals surface area contributed by atoms with Gasteiger partial charge in [0.15, 0.2) is 12.0 Å². The van der Waals surface area contributed by atoms with E-state index in [-0.39, 0.29) is 30.2 Å². The second-order valence-electron chi connectivity index (χ2n) is 4.42. The van der Waals surface area contributed by atoms with Crippen molar-refractivity contribution >= 4 is 11.6 Å². The van der Waals surface area contributed by atoms with E-state index in [1.165, 1.54) is 13.1 Å². The van der Waals surface area contributed by atoms with Crippen LogP contribution < -0.4 is 11.4 Å². The van der Waals surface area contributed by atoms with Gasteiger partial charge >= 0.3 is 5.69 Å². The van der Waals surface area contributed by atoms with Gasteiger partial charge in [0.05, 0.1) is 18.3 Å². The van der Waals surface area contributed by atoms with Crippen molar-refractivity contribution in [3.05, 3.63) is 22.2 Å². The summed E-state index contributed by atoms with van der Waals surface area (Å²) in [5.74, 6) is -0.495. The van der Waals surface area contributed by atoms with Gasteiger partial charge in [-0.2, -0.15) is 4.98 Å². The number of ether oxygens (including phenoxy) is 1. The number of aliphatic hydroxyl groups is 2. The molecule has 1 aromatic heterocycles. The van der Waals surface area contributed by atoms with Crippen molar-refractivity contribution in [3.8, 4) is 0 Å². The van der Waals surface area contributed by atoms with Gasteiger partial charge < -0.3 is 20.7 Å². The molecule has 0 radical (unpaired) electrons. The number of carbonyl (C=O) groups is 1. The molecular formula is C11H15N3O5. The minimum Gasteiger partial charge on any atom is -0.394 e. The van der Waals surface area contributed by atoms with Crippen LogP contribution in [0.4, 0.5) is 5.82 Å². The topological polar surface area (TPSA) is 128 Å². The predicted octanol–water partition coefficient (Wildman–Crippen LogP) is -1.33. The van der Waals surface area contributed by atoms with Crippen molar-refractivity contribution in [2.45, 2.75) is 31.8 Å². The lowest BCUT2D eigenvalue weighted by Crippen LogP contribution is -2.33. The first kappa shape index (κ1) is 13.7. The molecule has 8 heteroatoms. The average molecular weight is 269 g/mol. The molecule has 8 nitrogen and oxygen atoms in total. The highest BCUT2D eigenvalue weighted by atomic mass is 16.5. The summed E-state index contributed by atoms with van der Waals surface area (Å²) < 4.78 is 6.36. The van der Waals surface area contributed by atoms with E-state index in [0.29, 0.717) is 0 Å². The zero-order chi connectivity index (χ0) is 14.2. The van der Waals surface area contributed by atoms with E-state index in [2.05, 4.69) is 4.98 Å². The molecule has 1 saturated heterocycles. The number of nitrogens with zero attached hydrogens (tertiary/aromatic N) is 2. The van der Waals surface area contributed by atoms with Gasteiger partial charge in [-0.3, -0.25) is 9.36 Å². The first-order valence-electron chi connectivity index (χ1n) is 5.78. The highest BCUT2D eigenvalue weighted by molar-refractivity contribution is 5.97. The molecule has 0 bridgehead atoms. The SMILES string of the molecule is CC(=O)c1cn([C@@H]2O[C@H](CO)C[C@H]2O)c(=O)nc1N. The average Bonchev–Trinajstić information content (AvgIpc) is 2.70. The second-order valence-corrected chi connectivity index (χ2v) is 4.42. The normalized spacial score (nSPS) is 26.6. The number of ketones is 1. The molecule has 2 rings (SSSR count). The van der Waals surface area contributed by atoms with Gasteiger partial charge in [0, 0.05) is 12.6 Å². The Bertz CT molecular complexity index is 556. The van der Waals surface area contributed by atoms with Crippen LogP contribution in [0.5, 0.6) is 0 Å². The van der Waals surface area contributed by atoms with E-state index in [9.17, 15) is 14.7 Å². The fraction of sp³-hybridized carbons (Fsp3) is 0.545. The van der Waals surface area contributed by atoms with Gasteiger partial charge in [-0.15, -0.1) is 0 Å².